The van der Waals surface area contributed by atoms with Crippen molar-refractivity contribution in [3.05, 3.63) is 28.8 Å². The van der Waals surface area contributed by atoms with Gasteiger partial charge in [0.2, 0.25) is 0 Å². The highest BCUT2D eigenvalue weighted by Crippen LogP contribution is 2.69. The van der Waals surface area contributed by atoms with E-state index < -0.39 is 5.54 Å². The number of nitrogens with two attached hydrogens (primary N) is 1. The van der Waals surface area contributed by atoms with Crippen LogP contribution in [0.25, 0.3) is 0 Å². The molecule has 2 aliphatic heterocycles. The van der Waals surface area contributed by atoms with E-state index in [0.717, 1.165) is 38.6 Å². The summed E-state index contributed by atoms with van der Waals surface area (Å²) in [4.78, 5) is 0. The van der Waals surface area contributed by atoms with Crippen LogP contribution in [0.4, 0.5) is 0 Å². The molecule has 0 amide bonds. The average Bonchev–Trinajstić information content (AvgIpc) is 2.98. The molecule has 2 saturated heterocycles. The van der Waals surface area contributed by atoms with Gasteiger partial charge in [0.25, 0.3) is 0 Å². The smallest absolute Gasteiger partial charge is 0.116 e. The summed E-state index contributed by atoms with van der Waals surface area (Å²) in [7, 11) is 1.98. The van der Waals surface area contributed by atoms with Gasteiger partial charge in [0.05, 0.1) is 17.1 Å². The third kappa shape index (κ3) is 4.26. The summed E-state index contributed by atoms with van der Waals surface area (Å²) in [5, 5.41) is 24.8. The van der Waals surface area contributed by atoms with E-state index in [1.54, 1.807) is 0 Å². The van der Waals surface area contributed by atoms with Gasteiger partial charge in [-0.05, 0) is 118 Å². The SMILES string of the molecule is CNCc1cc(O)cc2c1C[C@@H]1CCC[C@H](C1)[C@]13C[C@@H]4CC[C@@H](CO)[C@](N)([C@@H]1C#CC2)[C@@H]4[C@@](C)(C1CCCCC1)O3. The number of hydrogen-bond donors (Lipinski definition) is 4. The van der Waals surface area contributed by atoms with Crippen molar-refractivity contribution < 1.29 is 14.9 Å². The summed E-state index contributed by atoms with van der Waals surface area (Å²) >= 11 is 0. The van der Waals surface area contributed by atoms with Crippen LogP contribution in [0.5, 0.6) is 5.75 Å². The Balaban J connectivity index is 1.39. The van der Waals surface area contributed by atoms with Crippen LogP contribution in [0.15, 0.2) is 12.1 Å². The molecule has 7 aliphatic rings. The largest absolute Gasteiger partial charge is 0.508 e. The van der Waals surface area contributed by atoms with E-state index in [1.807, 2.05) is 19.2 Å². The number of aromatic hydroxyl groups is 1. The highest BCUT2D eigenvalue weighted by atomic mass is 16.5. The number of hydrogen-bond acceptors (Lipinski definition) is 5. The molecule has 5 N–H and O–H groups in total. The Bertz CT molecular complexity index is 1220. The van der Waals surface area contributed by atoms with E-state index in [9.17, 15) is 10.2 Å². The maximum Gasteiger partial charge on any atom is 0.116 e. The molecule has 5 aliphatic carbocycles. The first-order valence-electron chi connectivity index (χ1n) is 16.9. The molecular formula is C36H52N2O3. The first-order chi connectivity index (χ1) is 19.8. The minimum Gasteiger partial charge on any atom is -0.508 e. The number of rotatable bonds is 4. The molecule has 1 aromatic rings. The summed E-state index contributed by atoms with van der Waals surface area (Å²) < 4.78 is 7.80. The van der Waals surface area contributed by atoms with Crippen LogP contribution in [0, 0.1) is 53.3 Å². The third-order valence-corrected chi connectivity index (χ3v) is 13.1. The van der Waals surface area contributed by atoms with Crippen molar-refractivity contribution in [2.24, 2.45) is 47.2 Å². The van der Waals surface area contributed by atoms with Crippen molar-refractivity contribution >= 4 is 0 Å². The summed E-state index contributed by atoms with van der Waals surface area (Å²) in [5.74, 6) is 10.2. The number of aliphatic hydroxyl groups excluding tert-OH is 1. The molecule has 8 rings (SSSR count). The second-order valence-corrected chi connectivity index (χ2v) is 15.1. The van der Waals surface area contributed by atoms with Gasteiger partial charge in [0.15, 0.2) is 0 Å². The lowest BCUT2D eigenvalue weighted by Gasteiger charge is -2.75. The Morgan fingerprint density at radius 1 is 1.05 bits per heavy atom. The molecule has 4 saturated carbocycles. The number of phenolic OH excluding ortho intramolecular Hbond substituents is 1. The van der Waals surface area contributed by atoms with Crippen LogP contribution in [-0.4, -0.2) is 40.6 Å². The van der Waals surface area contributed by atoms with Gasteiger partial charge in [-0.2, -0.15) is 0 Å². The minimum absolute atomic E-state index is 0.0650. The maximum absolute atomic E-state index is 10.9. The highest BCUT2D eigenvalue weighted by Gasteiger charge is 2.75. The van der Waals surface area contributed by atoms with Crippen LogP contribution in [-0.2, 0) is 24.1 Å². The molecule has 6 fully saturated rings. The Kier molecular flexibility index (Phi) is 7.26. The molecular weight excluding hydrogens is 508 g/mol. The van der Waals surface area contributed by atoms with Crippen molar-refractivity contribution in [2.45, 2.75) is 120 Å². The zero-order valence-electron chi connectivity index (χ0n) is 25.4. The second kappa shape index (κ2) is 10.5. The lowest BCUT2D eigenvalue weighted by atomic mass is 9.39. The quantitative estimate of drug-likeness (QED) is 0.367. The summed E-state index contributed by atoms with van der Waals surface area (Å²) in [6.45, 7) is 3.34. The molecule has 41 heavy (non-hydrogen) atoms. The molecule has 5 heteroatoms. The van der Waals surface area contributed by atoms with E-state index in [-0.39, 0.29) is 35.6 Å². The molecule has 9 atom stereocenters. The zero-order valence-corrected chi connectivity index (χ0v) is 25.4. The molecule has 2 heterocycles. The molecule has 6 bridgehead atoms. The zero-order chi connectivity index (χ0) is 28.4. The van der Waals surface area contributed by atoms with Crippen molar-refractivity contribution in [3.63, 3.8) is 0 Å². The Labute approximate surface area is 247 Å². The van der Waals surface area contributed by atoms with E-state index in [4.69, 9.17) is 10.5 Å². The summed E-state index contributed by atoms with van der Waals surface area (Å²) in [6, 6.07) is 3.90. The van der Waals surface area contributed by atoms with Gasteiger partial charge in [0, 0.05) is 36.9 Å². The van der Waals surface area contributed by atoms with E-state index >= 15 is 0 Å². The number of benzene rings is 1. The summed E-state index contributed by atoms with van der Waals surface area (Å²) in [5.41, 5.74) is 10.5. The number of nitrogens with one attached hydrogen (secondary N) is 1. The van der Waals surface area contributed by atoms with Gasteiger partial charge in [-0.25, -0.2) is 0 Å². The fraction of sp³-hybridized carbons (Fsp3) is 0.778. The van der Waals surface area contributed by atoms with Gasteiger partial charge in [0.1, 0.15) is 5.75 Å². The first-order valence-corrected chi connectivity index (χ1v) is 16.9. The number of phenols is 1. The lowest BCUT2D eigenvalue weighted by Crippen LogP contribution is -2.84. The van der Waals surface area contributed by atoms with Crippen LogP contribution in [0.2, 0.25) is 0 Å². The maximum atomic E-state index is 10.9. The number of aliphatic hydroxyl groups is 1. The molecule has 0 unspecified atom stereocenters. The van der Waals surface area contributed by atoms with Gasteiger partial charge < -0.3 is 26.0 Å². The molecule has 1 aromatic carbocycles. The molecule has 0 radical (unpaired) electrons. The number of fused-ring (bicyclic) bond motifs is 4. The third-order valence-electron chi connectivity index (χ3n) is 13.1. The standard InChI is InChI=1S/C36H52N2O3/c1-34(27-10-4-3-5-11-27)33-25-14-15-29(22-39)36(33,37)32-13-7-9-24-18-30(40)19-26(21-38-2)31(24)17-23-8-6-12-28(16-23)35(32,20-25)41-34/h18-19,23,25,27-29,32-33,38-40H,3-6,8-12,14-17,20-22,37H2,1-2H3/t23-,25+,28-,29+,32-,33+,34-,35-,36+/m1/s1. The van der Waals surface area contributed by atoms with Crippen LogP contribution in [0.3, 0.4) is 0 Å². The second-order valence-electron chi connectivity index (χ2n) is 15.1. The lowest BCUT2D eigenvalue weighted by molar-refractivity contribution is -0.359. The van der Waals surface area contributed by atoms with Crippen molar-refractivity contribution in [1.29, 1.82) is 0 Å². The van der Waals surface area contributed by atoms with Gasteiger partial charge in [-0.15, -0.1) is 0 Å². The summed E-state index contributed by atoms with van der Waals surface area (Å²) in [6.07, 6.45) is 16.2. The Morgan fingerprint density at radius 3 is 2.63 bits per heavy atom. The molecule has 0 aromatic heterocycles. The fourth-order valence-electron chi connectivity index (χ4n) is 11.6. The van der Waals surface area contributed by atoms with Gasteiger partial charge >= 0.3 is 0 Å². The van der Waals surface area contributed by atoms with Crippen molar-refractivity contribution in [1.82, 2.24) is 5.32 Å². The minimum atomic E-state index is -0.534. The molecule has 5 nitrogen and oxygen atoms in total. The fourth-order valence-corrected chi connectivity index (χ4v) is 11.6. The topological polar surface area (TPSA) is 87.7 Å². The van der Waals surface area contributed by atoms with Crippen LogP contribution >= 0.6 is 0 Å². The molecule has 224 valence electrons. The van der Waals surface area contributed by atoms with E-state index in [0.29, 0.717) is 35.8 Å². The van der Waals surface area contributed by atoms with E-state index in [2.05, 4.69) is 24.1 Å². The number of ether oxygens (including phenoxy) is 1. The predicted molar refractivity (Wildman–Crippen MR) is 162 cm³/mol. The highest BCUT2D eigenvalue weighted by molar-refractivity contribution is 5.45. The van der Waals surface area contributed by atoms with Crippen LogP contribution in [0.1, 0.15) is 101 Å². The van der Waals surface area contributed by atoms with E-state index in [1.165, 1.54) is 68.1 Å². The average molecular weight is 561 g/mol. The Hall–Kier alpha value is -1.58. The Morgan fingerprint density at radius 2 is 1.85 bits per heavy atom. The normalized spacial score (nSPS) is 43.7. The van der Waals surface area contributed by atoms with Gasteiger partial charge in [-0.1, -0.05) is 43.9 Å². The molecule has 1 spiro atoms. The van der Waals surface area contributed by atoms with Crippen molar-refractivity contribution in [2.75, 3.05) is 13.7 Å². The van der Waals surface area contributed by atoms with Gasteiger partial charge in [-0.3, -0.25) is 0 Å². The predicted octanol–water partition coefficient (Wildman–Crippen LogP) is 5.48. The van der Waals surface area contributed by atoms with Crippen molar-refractivity contribution in [3.8, 4) is 17.6 Å². The monoisotopic (exact) mass is 560 g/mol. The first kappa shape index (κ1) is 28.2. The van der Waals surface area contributed by atoms with Crippen LogP contribution < -0.4 is 11.1 Å².